The predicted molar refractivity (Wildman–Crippen MR) is 80.7 cm³/mol. The Balaban J connectivity index is 1.53. The number of aromatic nitrogens is 6. The highest BCUT2D eigenvalue weighted by atomic mass is 16.2. The van der Waals surface area contributed by atoms with Gasteiger partial charge in [-0.15, -0.1) is 10.2 Å². The van der Waals surface area contributed by atoms with E-state index >= 15 is 0 Å². The number of hydrogen-bond donors (Lipinski definition) is 0. The van der Waals surface area contributed by atoms with E-state index in [9.17, 15) is 4.79 Å². The standard InChI is InChI=1S/C14H20N8O/c1-19(2)12-8-20(9-13(12)21-6-5-15-17-21)14(23)11-7-22(18-16-11)10-3-4-10/h5-7,10,12-13H,3-4,8-9H2,1-2H3/t12-,13+/m1/s1. The molecule has 3 heterocycles. The van der Waals surface area contributed by atoms with Crippen molar-refractivity contribution in [3.05, 3.63) is 24.3 Å². The first kappa shape index (κ1) is 14.3. The molecule has 2 aromatic rings. The number of hydrogen-bond acceptors (Lipinski definition) is 6. The van der Waals surface area contributed by atoms with E-state index in [1.165, 1.54) is 0 Å². The zero-order valence-electron chi connectivity index (χ0n) is 13.3. The Kier molecular flexibility index (Phi) is 3.37. The number of likely N-dealkylation sites (N-methyl/N-ethyl adjacent to an activating group) is 1. The Bertz CT molecular complexity index is 689. The highest BCUT2D eigenvalue weighted by molar-refractivity contribution is 5.92. The van der Waals surface area contributed by atoms with Crippen LogP contribution in [0.4, 0.5) is 0 Å². The van der Waals surface area contributed by atoms with Gasteiger partial charge in [-0.25, -0.2) is 9.36 Å². The molecule has 122 valence electrons. The van der Waals surface area contributed by atoms with Crippen LogP contribution < -0.4 is 0 Å². The molecule has 2 aromatic heterocycles. The number of carbonyl (C=O) groups excluding carboxylic acids is 1. The maximum atomic E-state index is 12.7. The lowest BCUT2D eigenvalue weighted by molar-refractivity contribution is 0.0775. The molecule has 1 saturated heterocycles. The van der Waals surface area contributed by atoms with Gasteiger partial charge in [-0.05, 0) is 26.9 Å². The topological polar surface area (TPSA) is 85.0 Å². The van der Waals surface area contributed by atoms with Crippen LogP contribution in [0.25, 0.3) is 0 Å². The fourth-order valence-corrected chi connectivity index (χ4v) is 3.15. The largest absolute Gasteiger partial charge is 0.333 e. The lowest BCUT2D eigenvalue weighted by Crippen LogP contribution is -2.37. The molecule has 1 saturated carbocycles. The summed E-state index contributed by atoms with van der Waals surface area (Å²) in [7, 11) is 4.04. The molecule has 23 heavy (non-hydrogen) atoms. The summed E-state index contributed by atoms with van der Waals surface area (Å²) < 4.78 is 3.64. The lowest BCUT2D eigenvalue weighted by Gasteiger charge is -2.24. The summed E-state index contributed by atoms with van der Waals surface area (Å²) in [5, 5.41) is 16.1. The van der Waals surface area contributed by atoms with Crippen molar-refractivity contribution in [3.8, 4) is 0 Å². The summed E-state index contributed by atoms with van der Waals surface area (Å²) >= 11 is 0. The molecule has 9 nitrogen and oxygen atoms in total. The average molecular weight is 316 g/mol. The molecule has 1 amide bonds. The number of nitrogens with zero attached hydrogens (tertiary/aromatic N) is 8. The van der Waals surface area contributed by atoms with Crippen LogP contribution in [0.5, 0.6) is 0 Å². The molecule has 0 unspecified atom stereocenters. The van der Waals surface area contributed by atoms with Crippen molar-refractivity contribution in [1.82, 2.24) is 39.8 Å². The molecule has 2 fully saturated rings. The van der Waals surface area contributed by atoms with Crippen LogP contribution >= 0.6 is 0 Å². The molecular weight excluding hydrogens is 296 g/mol. The first-order chi connectivity index (χ1) is 11.1. The van der Waals surface area contributed by atoms with Gasteiger partial charge in [0.1, 0.15) is 0 Å². The SMILES string of the molecule is CN(C)[C@@H]1CN(C(=O)c2cn(C3CC3)nn2)C[C@@H]1n1ccnn1. The Morgan fingerprint density at radius 3 is 2.70 bits per heavy atom. The van der Waals surface area contributed by atoms with Gasteiger partial charge in [-0.3, -0.25) is 4.79 Å². The van der Waals surface area contributed by atoms with Gasteiger partial charge >= 0.3 is 0 Å². The first-order valence-corrected chi connectivity index (χ1v) is 7.87. The molecule has 0 radical (unpaired) electrons. The minimum atomic E-state index is -0.0636. The number of likely N-dealkylation sites (tertiary alicyclic amines) is 1. The normalized spacial score (nSPS) is 24.6. The van der Waals surface area contributed by atoms with Crippen molar-refractivity contribution in [2.24, 2.45) is 0 Å². The second-order valence-electron chi connectivity index (χ2n) is 6.51. The third-order valence-corrected chi connectivity index (χ3v) is 4.64. The summed E-state index contributed by atoms with van der Waals surface area (Å²) in [4.78, 5) is 16.7. The molecule has 0 aromatic carbocycles. The zero-order chi connectivity index (χ0) is 16.0. The fraction of sp³-hybridized carbons (Fsp3) is 0.643. The van der Waals surface area contributed by atoms with E-state index in [-0.39, 0.29) is 18.0 Å². The molecule has 4 rings (SSSR count). The number of amides is 1. The van der Waals surface area contributed by atoms with E-state index in [0.717, 1.165) is 12.8 Å². The van der Waals surface area contributed by atoms with Crippen molar-refractivity contribution in [2.75, 3.05) is 27.2 Å². The van der Waals surface area contributed by atoms with E-state index in [0.29, 0.717) is 24.8 Å². The maximum absolute atomic E-state index is 12.7. The van der Waals surface area contributed by atoms with Gasteiger partial charge in [0.25, 0.3) is 5.91 Å². The molecular formula is C14H20N8O. The number of carbonyl (C=O) groups is 1. The quantitative estimate of drug-likeness (QED) is 0.779. The van der Waals surface area contributed by atoms with Crippen molar-refractivity contribution >= 4 is 5.91 Å². The van der Waals surface area contributed by atoms with Gasteiger partial charge in [0.2, 0.25) is 0 Å². The van der Waals surface area contributed by atoms with Crippen LogP contribution in [0.3, 0.4) is 0 Å². The van der Waals surface area contributed by atoms with Gasteiger partial charge in [0.15, 0.2) is 5.69 Å². The summed E-state index contributed by atoms with van der Waals surface area (Å²) in [6, 6.07) is 0.717. The van der Waals surface area contributed by atoms with Crippen molar-refractivity contribution in [1.29, 1.82) is 0 Å². The summed E-state index contributed by atoms with van der Waals surface area (Å²) in [6.45, 7) is 1.24. The van der Waals surface area contributed by atoms with Gasteiger partial charge < -0.3 is 9.80 Å². The van der Waals surface area contributed by atoms with E-state index in [4.69, 9.17) is 0 Å². The van der Waals surface area contributed by atoms with E-state index in [2.05, 4.69) is 25.5 Å². The van der Waals surface area contributed by atoms with Crippen LogP contribution in [-0.4, -0.2) is 78.9 Å². The van der Waals surface area contributed by atoms with Gasteiger partial charge in [0.05, 0.1) is 30.5 Å². The maximum Gasteiger partial charge on any atom is 0.276 e. The Hall–Kier alpha value is -2.29. The molecule has 0 spiro atoms. The van der Waals surface area contributed by atoms with Crippen LogP contribution in [0.2, 0.25) is 0 Å². The zero-order valence-corrected chi connectivity index (χ0v) is 13.3. The molecule has 2 aliphatic rings. The highest BCUT2D eigenvalue weighted by Crippen LogP contribution is 2.34. The molecule has 1 aliphatic heterocycles. The second-order valence-corrected chi connectivity index (χ2v) is 6.51. The molecule has 0 bridgehead atoms. The molecule has 0 N–H and O–H groups in total. The van der Waals surface area contributed by atoms with Gasteiger partial charge in [0, 0.05) is 19.3 Å². The predicted octanol–water partition coefficient (Wildman–Crippen LogP) is -0.168. The monoisotopic (exact) mass is 316 g/mol. The van der Waals surface area contributed by atoms with Crippen molar-refractivity contribution in [2.45, 2.75) is 31.0 Å². The summed E-state index contributed by atoms with van der Waals surface area (Å²) in [5.41, 5.74) is 0.425. The van der Waals surface area contributed by atoms with Gasteiger partial charge in [-0.2, -0.15) is 0 Å². The fourth-order valence-electron chi connectivity index (χ4n) is 3.15. The van der Waals surface area contributed by atoms with Crippen molar-refractivity contribution in [3.63, 3.8) is 0 Å². The molecule has 2 atom stereocenters. The van der Waals surface area contributed by atoms with Crippen LogP contribution in [0.1, 0.15) is 35.4 Å². The molecule has 9 heteroatoms. The van der Waals surface area contributed by atoms with Crippen LogP contribution in [0.15, 0.2) is 18.6 Å². The number of rotatable bonds is 4. The Morgan fingerprint density at radius 1 is 1.22 bits per heavy atom. The summed E-state index contributed by atoms with van der Waals surface area (Å²) in [5.74, 6) is -0.0636. The Labute approximate surface area is 133 Å². The first-order valence-electron chi connectivity index (χ1n) is 7.87. The van der Waals surface area contributed by atoms with E-state index in [1.54, 1.807) is 12.4 Å². The molecule has 1 aliphatic carbocycles. The van der Waals surface area contributed by atoms with Crippen LogP contribution in [-0.2, 0) is 0 Å². The van der Waals surface area contributed by atoms with Crippen LogP contribution in [0, 0.1) is 0 Å². The third-order valence-electron chi connectivity index (χ3n) is 4.64. The minimum absolute atomic E-state index is 0.0636. The third kappa shape index (κ3) is 2.61. The highest BCUT2D eigenvalue weighted by Gasteiger charge is 2.39. The van der Waals surface area contributed by atoms with E-state index in [1.807, 2.05) is 34.6 Å². The minimum Gasteiger partial charge on any atom is -0.333 e. The average Bonchev–Trinajstić information content (AvgIpc) is 3.03. The van der Waals surface area contributed by atoms with Crippen molar-refractivity contribution < 1.29 is 4.79 Å². The second kappa shape index (κ2) is 5.41. The van der Waals surface area contributed by atoms with E-state index < -0.39 is 0 Å². The lowest BCUT2D eigenvalue weighted by atomic mass is 10.1. The van der Waals surface area contributed by atoms with Gasteiger partial charge in [-0.1, -0.05) is 10.4 Å². The Morgan fingerprint density at radius 2 is 2.04 bits per heavy atom. The summed E-state index contributed by atoms with van der Waals surface area (Å²) in [6.07, 6.45) is 7.53. The smallest absolute Gasteiger partial charge is 0.276 e.